The molecule has 1 heterocycles. The molecule has 1 amide bonds. The molecule has 0 aliphatic heterocycles. The summed E-state index contributed by atoms with van der Waals surface area (Å²) >= 11 is 0. The number of esters is 1. The molecular weight excluding hydrogens is 361 g/mol. The third-order valence-corrected chi connectivity index (χ3v) is 4.34. The number of hydrogen-bond donors (Lipinski definition) is 1. The van der Waals surface area contributed by atoms with Gasteiger partial charge in [0, 0.05) is 27.7 Å². The zero-order valence-corrected chi connectivity index (χ0v) is 15.6. The summed E-state index contributed by atoms with van der Waals surface area (Å²) in [6, 6.07) is 12.8. The Morgan fingerprint density at radius 2 is 1.89 bits per heavy atom. The molecule has 0 spiro atoms. The van der Waals surface area contributed by atoms with Crippen LogP contribution in [0, 0.1) is 12.7 Å². The van der Waals surface area contributed by atoms with Crippen molar-refractivity contribution in [2.24, 2.45) is 5.10 Å². The number of benzene rings is 2. The van der Waals surface area contributed by atoms with Crippen molar-refractivity contribution >= 4 is 29.0 Å². The number of carbonyl (C=O) groups excluding carboxylic acids is 2. The molecule has 0 atom stereocenters. The van der Waals surface area contributed by atoms with Crippen LogP contribution < -0.4 is 5.43 Å². The first kappa shape index (κ1) is 19.3. The minimum atomic E-state index is -0.441. The summed E-state index contributed by atoms with van der Waals surface area (Å²) in [5, 5.41) is 4.94. The van der Waals surface area contributed by atoms with Crippen LogP contribution in [-0.2, 0) is 16.1 Å². The Kier molecular flexibility index (Phi) is 5.84. The number of ether oxygens (including phenoxy) is 1. The fourth-order valence-corrected chi connectivity index (χ4v) is 2.98. The summed E-state index contributed by atoms with van der Waals surface area (Å²) in [6.45, 7) is 4.06. The number of carbonyl (C=O) groups is 2. The fourth-order valence-electron chi connectivity index (χ4n) is 2.98. The molecule has 0 saturated heterocycles. The van der Waals surface area contributed by atoms with E-state index in [1.165, 1.54) is 24.3 Å². The lowest BCUT2D eigenvalue weighted by Gasteiger charge is -2.07. The van der Waals surface area contributed by atoms with Crippen LogP contribution in [0.15, 0.2) is 53.6 Å². The van der Waals surface area contributed by atoms with Crippen molar-refractivity contribution in [2.75, 3.05) is 6.61 Å². The number of fused-ring (bicyclic) bond motifs is 1. The van der Waals surface area contributed by atoms with Gasteiger partial charge in [0.1, 0.15) is 12.4 Å². The zero-order valence-electron chi connectivity index (χ0n) is 15.6. The molecule has 0 unspecified atom stereocenters. The third-order valence-electron chi connectivity index (χ3n) is 4.34. The SMILES string of the molecule is CCOC(=O)Cn1c(C)c(/C=N\NC(=O)c2ccc(F)cc2)c2ccccc21. The summed E-state index contributed by atoms with van der Waals surface area (Å²) in [6.07, 6.45) is 1.54. The second kappa shape index (κ2) is 8.47. The number of hydrazone groups is 1. The van der Waals surface area contributed by atoms with Crippen LogP contribution in [0.3, 0.4) is 0 Å². The normalized spacial score (nSPS) is 11.1. The van der Waals surface area contributed by atoms with Gasteiger partial charge in [0.05, 0.1) is 12.8 Å². The first-order valence-electron chi connectivity index (χ1n) is 8.83. The Hall–Kier alpha value is -3.48. The Balaban J connectivity index is 1.85. The quantitative estimate of drug-likeness (QED) is 0.404. The predicted octanol–water partition coefficient (Wildman–Crippen LogP) is 3.42. The highest BCUT2D eigenvalue weighted by molar-refractivity contribution is 6.02. The molecule has 1 aromatic heterocycles. The van der Waals surface area contributed by atoms with E-state index in [1.807, 2.05) is 35.8 Å². The highest BCUT2D eigenvalue weighted by atomic mass is 19.1. The number of amides is 1. The average molecular weight is 381 g/mol. The summed E-state index contributed by atoms with van der Waals surface area (Å²) in [7, 11) is 0. The maximum atomic E-state index is 13.0. The van der Waals surface area contributed by atoms with Crippen molar-refractivity contribution in [2.45, 2.75) is 20.4 Å². The monoisotopic (exact) mass is 381 g/mol. The summed E-state index contributed by atoms with van der Waals surface area (Å²) in [5.41, 5.74) is 5.24. The molecule has 0 aliphatic rings. The second-order valence-corrected chi connectivity index (χ2v) is 6.11. The van der Waals surface area contributed by atoms with Gasteiger partial charge >= 0.3 is 5.97 Å². The third kappa shape index (κ3) is 4.09. The van der Waals surface area contributed by atoms with E-state index >= 15 is 0 Å². The standard InChI is InChI=1S/C21H20FN3O3/c1-3-28-20(26)13-25-14(2)18(17-6-4-5-7-19(17)25)12-23-24-21(27)15-8-10-16(22)11-9-15/h4-12H,3,13H2,1-2H3,(H,24,27)/b23-12-. The highest BCUT2D eigenvalue weighted by Gasteiger charge is 2.15. The maximum absolute atomic E-state index is 13.0. The van der Waals surface area contributed by atoms with Gasteiger partial charge in [-0.3, -0.25) is 9.59 Å². The van der Waals surface area contributed by atoms with Crippen LogP contribution >= 0.6 is 0 Å². The molecule has 7 heteroatoms. The Labute approximate surface area is 161 Å². The van der Waals surface area contributed by atoms with Crippen molar-refractivity contribution in [1.29, 1.82) is 0 Å². The van der Waals surface area contributed by atoms with Gasteiger partial charge in [0.15, 0.2) is 0 Å². The molecule has 28 heavy (non-hydrogen) atoms. The first-order valence-corrected chi connectivity index (χ1v) is 8.83. The Morgan fingerprint density at radius 3 is 2.61 bits per heavy atom. The van der Waals surface area contributed by atoms with E-state index in [-0.39, 0.29) is 12.5 Å². The van der Waals surface area contributed by atoms with E-state index < -0.39 is 11.7 Å². The number of halogens is 1. The highest BCUT2D eigenvalue weighted by Crippen LogP contribution is 2.24. The zero-order chi connectivity index (χ0) is 20.1. The molecule has 0 saturated carbocycles. The van der Waals surface area contributed by atoms with E-state index in [0.717, 1.165) is 22.2 Å². The lowest BCUT2D eigenvalue weighted by atomic mass is 10.1. The molecule has 1 N–H and O–H groups in total. The van der Waals surface area contributed by atoms with Crippen LogP contribution in [0.25, 0.3) is 10.9 Å². The first-order chi connectivity index (χ1) is 13.5. The van der Waals surface area contributed by atoms with Crippen LogP contribution in [-0.4, -0.2) is 29.3 Å². The van der Waals surface area contributed by atoms with Crippen LogP contribution in [0.2, 0.25) is 0 Å². The predicted molar refractivity (Wildman–Crippen MR) is 105 cm³/mol. The van der Waals surface area contributed by atoms with E-state index in [0.29, 0.717) is 12.2 Å². The number of aromatic nitrogens is 1. The summed E-state index contributed by atoms with van der Waals surface area (Å²) in [4.78, 5) is 24.0. The van der Waals surface area contributed by atoms with Crippen molar-refractivity contribution in [3.05, 3.63) is 71.2 Å². The van der Waals surface area contributed by atoms with Crippen molar-refractivity contribution in [3.63, 3.8) is 0 Å². The van der Waals surface area contributed by atoms with Crippen molar-refractivity contribution in [3.8, 4) is 0 Å². The smallest absolute Gasteiger partial charge is 0.325 e. The molecule has 144 valence electrons. The van der Waals surface area contributed by atoms with E-state index in [9.17, 15) is 14.0 Å². The number of nitrogens with zero attached hydrogens (tertiary/aromatic N) is 2. The molecule has 0 bridgehead atoms. The van der Waals surface area contributed by atoms with Gasteiger partial charge in [-0.05, 0) is 44.2 Å². The molecule has 2 aromatic carbocycles. The van der Waals surface area contributed by atoms with Gasteiger partial charge in [0.2, 0.25) is 0 Å². The van der Waals surface area contributed by atoms with Gasteiger partial charge in [-0.15, -0.1) is 0 Å². The number of para-hydroxylation sites is 1. The molecule has 6 nitrogen and oxygen atoms in total. The molecule has 3 aromatic rings. The molecule has 0 aliphatic carbocycles. The topological polar surface area (TPSA) is 72.7 Å². The van der Waals surface area contributed by atoms with Gasteiger partial charge < -0.3 is 9.30 Å². The summed E-state index contributed by atoms with van der Waals surface area (Å²) in [5.74, 6) is -1.17. The molecular formula is C21H20FN3O3. The van der Waals surface area contributed by atoms with Gasteiger partial charge in [-0.2, -0.15) is 5.10 Å². The molecule has 3 rings (SSSR count). The molecule has 0 radical (unpaired) electrons. The number of hydrogen-bond acceptors (Lipinski definition) is 4. The Morgan fingerprint density at radius 1 is 1.18 bits per heavy atom. The largest absolute Gasteiger partial charge is 0.465 e. The fraction of sp³-hybridized carbons (Fsp3) is 0.190. The average Bonchev–Trinajstić information content (AvgIpc) is 2.94. The van der Waals surface area contributed by atoms with Gasteiger partial charge in [0.25, 0.3) is 5.91 Å². The number of nitrogens with one attached hydrogen (secondary N) is 1. The van der Waals surface area contributed by atoms with Crippen molar-refractivity contribution in [1.82, 2.24) is 9.99 Å². The summed E-state index contributed by atoms with van der Waals surface area (Å²) < 4.78 is 19.9. The van der Waals surface area contributed by atoms with Crippen molar-refractivity contribution < 1.29 is 18.7 Å². The van der Waals surface area contributed by atoms with E-state index in [2.05, 4.69) is 10.5 Å². The lowest BCUT2D eigenvalue weighted by molar-refractivity contribution is -0.143. The van der Waals surface area contributed by atoms with Crippen LogP contribution in [0.4, 0.5) is 4.39 Å². The minimum absolute atomic E-state index is 0.0932. The minimum Gasteiger partial charge on any atom is -0.465 e. The maximum Gasteiger partial charge on any atom is 0.325 e. The van der Waals surface area contributed by atoms with Gasteiger partial charge in [-0.25, -0.2) is 9.82 Å². The van der Waals surface area contributed by atoms with E-state index in [4.69, 9.17) is 4.74 Å². The van der Waals surface area contributed by atoms with E-state index in [1.54, 1.807) is 13.1 Å². The molecule has 0 fully saturated rings. The lowest BCUT2D eigenvalue weighted by Crippen LogP contribution is -2.17. The van der Waals surface area contributed by atoms with Gasteiger partial charge in [-0.1, -0.05) is 18.2 Å². The van der Waals surface area contributed by atoms with Crippen LogP contribution in [0.5, 0.6) is 0 Å². The Bertz CT molecular complexity index is 1040. The number of rotatable bonds is 6. The second-order valence-electron chi connectivity index (χ2n) is 6.11. The van der Waals surface area contributed by atoms with Crippen LogP contribution in [0.1, 0.15) is 28.5 Å².